The molecule has 2 aromatic rings. The van der Waals surface area contributed by atoms with Gasteiger partial charge in [-0.1, -0.05) is 48.0 Å². The molecule has 2 amide bonds. The minimum atomic E-state index is -0.590. The van der Waals surface area contributed by atoms with Crippen molar-refractivity contribution in [2.75, 3.05) is 4.90 Å². The molecule has 1 aliphatic heterocycles. The lowest BCUT2D eigenvalue weighted by Gasteiger charge is -2.20. The van der Waals surface area contributed by atoms with E-state index in [9.17, 15) is 9.59 Å². The number of carbonyl (C=O) groups excluding carboxylic acids is 2. The molecule has 4 nitrogen and oxygen atoms in total. The minimum absolute atomic E-state index is 0.0786. The summed E-state index contributed by atoms with van der Waals surface area (Å²) in [5.41, 5.74) is 5.08. The maximum absolute atomic E-state index is 12.8. The van der Waals surface area contributed by atoms with Gasteiger partial charge in [-0.15, -0.1) is 0 Å². The van der Waals surface area contributed by atoms with Crippen molar-refractivity contribution in [3.05, 3.63) is 64.7 Å². The predicted molar refractivity (Wildman–Crippen MR) is 90.1 cm³/mol. The summed E-state index contributed by atoms with van der Waals surface area (Å²) in [7, 11) is 0. The van der Waals surface area contributed by atoms with Gasteiger partial charge >= 0.3 is 0 Å². The van der Waals surface area contributed by atoms with Crippen LogP contribution < -0.4 is 10.2 Å². The Hall–Kier alpha value is -2.62. The molecule has 0 aliphatic carbocycles. The summed E-state index contributed by atoms with van der Waals surface area (Å²) in [6.45, 7) is 5.97. The number of para-hydroxylation sites is 1. The highest BCUT2D eigenvalue weighted by Gasteiger charge is 2.38. The molecule has 4 heteroatoms. The van der Waals surface area contributed by atoms with Gasteiger partial charge in [0, 0.05) is 12.5 Å². The van der Waals surface area contributed by atoms with E-state index < -0.39 is 6.04 Å². The van der Waals surface area contributed by atoms with Gasteiger partial charge in [-0.25, -0.2) is 0 Å². The van der Waals surface area contributed by atoms with Crippen LogP contribution in [0.2, 0.25) is 0 Å². The second-order valence-corrected chi connectivity index (χ2v) is 6.06. The first-order valence-electron chi connectivity index (χ1n) is 7.71. The number of fused-ring (bicyclic) bond motifs is 1. The predicted octanol–water partition coefficient (Wildman–Crippen LogP) is 3.03. The second kappa shape index (κ2) is 5.88. The largest absolute Gasteiger partial charge is 0.341 e. The Bertz CT molecular complexity index is 765. The summed E-state index contributed by atoms with van der Waals surface area (Å²) in [6.07, 6.45) is 0. The Morgan fingerprint density at radius 1 is 1.13 bits per heavy atom. The number of carbonyl (C=O) groups is 2. The third-order valence-electron chi connectivity index (χ3n) is 4.17. The van der Waals surface area contributed by atoms with Gasteiger partial charge in [0.15, 0.2) is 0 Å². The molecule has 2 aromatic carbocycles. The zero-order valence-corrected chi connectivity index (χ0v) is 13.6. The normalized spacial score (nSPS) is 16.4. The summed E-state index contributed by atoms with van der Waals surface area (Å²) < 4.78 is 0. The molecule has 0 saturated heterocycles. The van der Waals surface area contributed by atoms with E-state index in [0.29, 0.717) is 6.54 Å². The van der Waals surface area contributed by atoms with Crippen molar-refractivity contribution in [2.24, 2.45) is 0 Å². The molecule has 0 radical (unpaired) electrons. The van der Waals surface area contributed by atoms with Gasteiger partial charge in [0.05, 0.1) is 12.2 Å². The number of amides is 2. The molecule has 1 atom stereocenters. The highest BCUT2D eigenvalue weighted by Crippen LogP contribution is 2.39. The maximum Gasteiger partial charge on any atom is 0.254 e. The van der Waals surface area contributed by atoms with E-state index >= 15 is 0 Å². The summed E-state index contributed by atoms with van der Waals surface area (Å²) in [6, 6.07) is 13.4. The van der Waals surface area contributed by atoms with Crippen molar-refractivity contribution < 1.29 is 9.59 Å². The number of aryl methyl sites for hydroxylation is 2. The van der Waals surface area contributed by atoms with Crippen molar-refractivity contribution in [2.45, 2.75) is 33.4 Å². The van der Waals surface area contributed by atoms with Crippen molar-refractivity contribution in [1.29, 1.82) is 0 Å². The van der Waals surface area contributed by atoms with E-state index in [4.69, 9.17) is 0 Å². The van der Waals surface area contributed by atoms with Crippen LogP contribution in [0, 0.1) is 13.8 Å². The van der Waals surface area contributed by atoms with Gasteiger partial charge in [0.25, 0.3) is 5.91 Å². The van der Waals surface area contributed by atoms with Crippen LogP contribution in [0.5, 0.6) is 0 Å². The monoisotopic (exact) mass is 308 g/mol. The van der Waals surface area contributed by atoms with Crippen molar-refractivity contribution >= 4 is 17.5 Å². The van der Waals surface area contributed by atoms with Crippen molar-refractivity contribution in [1.82, 2.24) is 5.32 Å². The van der Waals surface area contributed by atoms with Crippen molar-refractivity contribution in [3.63, 3.8) is 0 Å². The average Bonchev–Trinajstić information content (AvgIpc) is 2.76. The maximum atomic E-state index is 12.8. The Morgan fingerprint density at radius 2 is 1.83 bits per heavy atom. The van der Waals surface area contributed by atoms with E-state index in [-0.39, 0.29) is 11.8 Å². The first-order valence-corrected chi connectivity index (χ1v) is 7.71. The molecule has 23 heavy (non-hydrogen) atoms. The zero-order valence-electron chi connectivity index (χ0n) is 13.6. The number of rotatable bonds is 3. The molecule has 0 aromatic heterocycles. The average molecular weight is 308 g/mol. The van der Waals surface area contributed by atoms with Crippen LogP contribution >= 0.6 is 0 Å². The SMILES string of the molecule is CC(=O)N[C@@H]1C(=O)N(Cc2ccc(C)cc2)c2c(C)cccc21. The Balaban J connectivity index is 1.99. The second-order valence-electron chi connectivity index (χ2n) is 6.06. The molecule has 0 spiro atoms. The van der Waals surface area contributed by atoms with Gasteiger partial charge in [-0.2, -0.15) is 0 Å². The van der Waals surface area contributed by atoms with E-state index in [1.165, 1.54) is 12.5 Å². The fourth-order valence-corrected chi connectivity index (χ4v) is 3.06. The number of anilines is 1. The summed E-state index contributed by atoms with van der Waals surface area (Å²) >= 11 is 0. The van der Waals surface area contributed by atoms with Gasteiger partial charge < -0.3 is 10.2 Å². The van der Waals surface area contributed by atoms with Crippen LogP contribution in [-0.4, -0.2) is 11.8 Å². The van der Waals surface area contributed by atoms with Gasteiger partial charge in [0.1, 0.15) is 6.04 Å². The lowest BCUT2D eigenvalue weighted by atomic mass is 10.0. The lowest BCUT2D eigenvalue weighted by Crippen LogP contribution is -2.36. The Labute approximate surface area is 136 Å². The quantitative estimate of drug-likeness (QED) is 0.947. The van der Waals surface area contributed by atoms with Gasteiger partial charge in [0.2, 0.25) is 5.91 Å². The summed E-state index contributed by atoms with van der Waals surface area (Å²) in [5.74, 6) is -0.280. The molecule has 0 saturated carbocycles. The molecule has 118 valence electrons. The fraction of sp³-hybridized carbons (Fsp3) is 0.263. The molecular weight excluding hydrogens is 288 g/mol. The third-order valence-corrected chi connectivity index (χ3v) is 4.17. The molecule has 0 unspecified atom stereocenters. The molecule has 3 rings (SSSR count). The van der Waals surface area contributed by atoms with Crippen molar-refractivity contribution in [3.8, 4) is 0 Å². The van der Waals surface area contributed by atoms with E-state index in [1.54, 1.807) is 4.90 Å². The molecule has 0 bridgehead atoms. The summed E-state index contributed by atoms with van der Waals surface area (Å²) in [5, 5.41) is 2.77. The standard InChI is InChI=1S/C19H20N2O2/c1-12-7-9-15(10-8-12)11-21-18-13(2)5-4-6-16(18)17(19(21)23)20-14(3)22/h4-10,17H,11H2,1-3H3,(H,20,22)/t17-/m0/s1. The number of nitrogens with zero attached hydrogens (tertiary/aromatic N) is 1. The molecule has 1 heterocycles. The Kier molecular flexibility index (Phi) is 3.90. The Morgan fingerprint density at radius 3 is 2.48 bits per heavy atom. The molecule has 0 fully saturated rings. The summed E-state index contributed by atoms with van der Waals surface area (Å²) in [4.78, 5) is 26.1. The van der Waals surface area contributed by atoms with Crippen LogP contribution in [0.1, 0.15) is 35.2 Å². The van der Waals surface area contributed by atoms with Crippen LogP contribution in [-0.2, 0) is 16.1 Å². The first kappa shape index (κ1) is 15.3. The van der Waals surface area contributed by atoms with Crippen LogP contribution in [0.3, 0.4) is 0 Å². The van der Waals surface area contributed by atoms with E-state index in [2.05, 4.69) is 5.32 Å². The zero-order chi connectivity index (χ0) is 16.6. The highest BCUT2D eigenvalue weighted by atomic mass is 16.2. The van der Waals surface area contributed by atoms with Crippen LogP contribution in [0.25, 0.3) is 0 Å². The first-order chi connectivity index (χ1) is 11.0. The smallest absolute Gasteiger partial charge is 0.254 e. The molecular formula is C19H20N2O2. The topological polar surface area (TPSA) is 49.4 Å². The minimum Gasteiger partial charge on any atom is -0.341 e. The van der Waals surface area contributed by atoms with E-state index in [1.807, 2.05) is 56.3 Å². The number of hydrogen-bond donors (Lipinski definition) is 1. The van der Waals surface area contributed by atoms with Gasteiger partial charge in [-0.05, 0) is 25.0 Å². The number of benzene rings is 2. The molecule has 1 aliphatic rings. The lowest BCUT2D eigenvalue weighted by molar-refractivity contribution is -0.126. The fourth-order valence-electron chi connectivity index (χ4n) is 3.06. The highest BCUT2D eigenvalue weighted by molar-refractivity contribution is 6.06. The van der Waals surface area contributed by atoms with E-state index in [0.717, 1.165) is 22.4 Å². The molecule has 1 N–H and O–H groups in total. The third kappa shape index (κ3) is 2.84. The number of hydrogen-bond acceptors (Lipinski definition) is 2. The van der Waals surface area contributed by atoms with Gasteiger partial charge in [-0.3, -0.25) is 9.59 Å². The van der Waals surface area contributed by atoms with Crippen LogP contribution in [0.15, 0.2) is 42.5 Å². The number of nitrogens with one attached hydrogen (secondary N) is 1. The van der Waals surface area contributed by atoms with Crippen LogP contribution in [0.4, 0.5) is 5.69 Å².